The lowest BCUT2D eigenvalue weighted by molar-refractivity contribution is 0.258. The van der Waals surface area contributed by atoms with Crippen molar-refractivity contribution in [2.45, 2.75) is 13.8 Å². The fourth-order valence-electron chi connectivity index (χ4n) is 2.48. The van der Waals surface area contributed by atoms with E-state index in [1.165, 1.54) is 18.2 Å². The van der Waals surface area contributed by atoms with Crippen LogP contribution in [-0.4, -0.2) is 16.1 Å². The van der Waals surface area contributed by atoms with E-state index in [1.807, 2.05) is 32.0 Å². The highest BCUT2D eigenvalue weighted by Crippen LogP contribution is 2.35. The Bertz CT molecular complexity index is 942. The lowest BCUT2D eigenvalue weighted by Crippen LogP contribution is -2.08. The quantitative estimate of drug-likeness (QED) is 0.582. The Hall–Kier alpha value is -3.22. The van der Waals surface area contributed by atoms with E-state index in [0.29, 0.717) is 16.6 Å². The number of amides is 2. The number of fused-ring (bicyclic) bond motifs is 1. The Morgan fingerprint density at radius 2 is 1.92 bits per heavy atom. The van der Waals surface area contributed by atoms with Gasteiger partial charge < -0.3 is 15.4 Å². The summed E-state index contributed by atoms with van der Waals surface area (Å²) in [4.78, 5) is 14.6. The van der Waals surface area contributed by atoms with Crippen molar-refractivity contribution in [1.82, 2.24) is 4.98 Å². The topological polar surface area (TPSA) is 89.8 Å². The number of benzene rings is 2. The van der Waals surface area contributed by atoms with Gasteiger partial charge in [0.15, 0.2) is 5.69 Å². The smallest absolute Gasteiger partial charge is 0.364 e. The molecular weight excluding hydrogens is 311 g/mol. The van der Waals surface area contributed by atoms with E-state index in [-0.39, 0.29) is 11.6 Å². The first-order valence-electron chi connectivity index (χ1n) is 7.25. The number of rotatable bonds is 2. The number of H-pyrrole nitrogens is 1. The van der Waals surface area contributed by atoms with Gasteiger partial charge in [-0.2, -0.15) is 0 Å². The Morgan fingerprint density at radius 1 is 1.21 bits per heavy atom. The number of aromatic amines is 1. The minimum absolute atomic E-state index is 0.0150. The molecule has 3 rings (SSSR count). The SMILES string of the molecule is Cc1cccc(C)c1NC(=O)N=Nc1c(O)[nH]c2ccc(F)cc12. The predicted octanol–water partition coefficient (Wildman–Crippen LogP) is 4.95. The molecule has 0 bridgehead atoms. The molecule has 3 N–H and O–H groups in total. The van der Waals surface area contributed by atoms with Crippen LogP contribution in [0.5, 0.6) is 5.88 Å². The molecule has 0 aliphatic rings. The zero-order valence-corrected chi connectivity index (χ0v) is 13.1. The first-order chi connectivity index (χ1) is 11.5. The average molecular weight is 326 g/mol. The average Bonchev–Trinajstić information content (AvgIpc) is 2.84. The third-order valence-corrected chi connectivity index (χ3v) is 3.67. The van der Waals surface area contributed by atoms with Gasteiger partial charge in [-0.15, -0.1) is 5.11 Å². The number of carbonyl (C=O) groups excluding carboxylic acids is 1. The van der Waals surface area contributed by atoms with E-state index in [0.717, 1.165) is 11.1 Å². The normalized spacial score (nSPS) is 11.3. The Kier molecular flexibility index (Phi) is 3.99. The second-order valence-electron chi connectivity index (χ2n) is 5.41. The van der Waals surface area contributed by atoms with Crippen LogP contribution in [0.4, 0.5) is 20.6 Å². The standard InChI is InChI=1S/C17H15FN4O2/c1-9-4-3-5-10(2)14(9)20-17(24)22-21-15-12-8-11(18)6-7-13(12)19-16(15)23/h3-8,19,23H,1-2H3,(H,20,24). The van der Waals surface area contributed by atoms with Crippen LogP contribution in [0.2, 0.25) is 0 Å². The molecule has 0 atom stereocenters. The van der Waals surface area contributed by atoms with Crippen LogP contribution < -0.4 is 5.32 Å². The van der Waals surface area contributed by atoms with Gasteiger partial charge in [0.05, 0.1) is 5.52 Å². The predicted molar refractivity (Wildman–Crippen MR) is 89.4 cm³/mol. The van der Waals surface area contributed by atoms with Crippen molar-refractivity contribution in [2.75, 3.05) is 5.32 Å². The first kappa shape index (κ1) is 15.7. The largest absolute Gasteiger partial charge is 0.493 e. The molecule has 0 saturated carbocycles. The summed E-state index contributed by atoms with van der Waals surface area (Å²) in [5.74, 6) is -0.753. The summed E-state index contributed by atoms with van der Waals surface area (Å²) in [5.41, 5.74) is 2.97. The molecular formula is C17H15FN4O2. The molecule has 3 aromatic rings. The van der Waals surface area contributed by atoms with Crippen LogP contribution >= 0.6 is 0 Å². The molecule has 1 aromatic heterocycles. The Morgan fingerprint density at radius 3 is 2.62 bits per heavy atom. The number of nitrogens with one attached hydrogen (secondary N) is 2. The van der Waals surface area contributed by atoms with Gasteiger partial charge in [0, 0.05) is 11.1 Å². The van der Waals surface area contributed by atoms with Gasteiger partial charge in [-0.1, -0.05) is 23.3 Å². The minimum Gasteiger partial charge on any atom is -0.493 e. The fourth-order valence-corrected chi connectivity index (χ4v) is 2.48. The molecule has 24 heavy (non-hydrogen) atoms. The van der Waals surface area contributed by atoms with Gasteiger partial charge in [0.25, 0.3) is 0 Å². The maximum atomic E-state index is 13.4. The maximum absolute atomic E-state index is 13.4. The summed E-state index contributed by atoms with van der Waals surface area (Å²) in [5, 5.41) is 20.2. The molecule has 0 radical (unpaired) electrons. The van der Waals surface area contributed by atoms with Crippen LogP contribution in [0, 0.1) is 19.7 Å². The highest BCUT2D eigenvalue weighted by atomic mass is 19.1. The van der Waals surface area contributed by atoms with Crippen LogP contribution in [-0.2, 0) is 0 Å². The van der Waals surface area contributed by atoms with E-state index in [2.05, 4.69) is 20.5 Å². The second-order valence-corrected chi connectivity index (χ2v) is 5.41. The number of azo groups is 1. The number of aromatic nitrogens is 1. The summed E-state index contributed by atoms with van der Waals surface area (Å²) < 4.78 is 13.4. The van der Waals surface area contributed by atoms with Crippen molar-refractivity contribution in [3.05, 3.63) is 53.3 Å². The van der Waals surface area contributed by atoms with Crippen molar-refractivity contribution >= 4 is 28.3 Å². The third-order valence-electron chi connectivity index (χ3n) is 3.67. The van der Waals surface area contributed by atoms with E-state index in [9.17, 15) is 14.3 Å². The van der Waals surface area contributed by atoms with Crippen LogP contribution in [0.15, 0.2) is 46.6 Å². The van der Waals surface area contributed by atoms with Crippen molar-refractivity contribution in [1.29, 1.82) is 0 Å². The molecule has 0 fully saturated rings. The van der Waals surface area contributed by atoms with Gasteiger partial charge in [-0.25, -0.2) is 9.18 Å². The molecule has 0 spiro atoms. The number of halogens is 1. The molecule has 0 aliphatic heterocycles. The van der Waals surface area contributed by atoms with Gasteiger partial charge >= 0.3 is 6.03 Å². The number of aryl methyl sites for hydroxylation is 2. The zero-order chi connectivity index (χ0) is 17.3. The van der Waals surface area contributed by atoms with Gasteiger partial charge in [-0.05, 0) is 43.2 Å². The monoisotopic (exact) mass is 326 g/mol. The molecule has 2 aromatic carbocycles. The molecule has 0 aliphatic carbocycles. The number of aromatic hydroxyl groups is 1. The van der Waals surface area contributed by atoms with E-state index < -0.39 is 11.8 Å². The Balaban J connectivity index is 1.87. The molecule has 1 heterocycles. The molecule has 6 nitrogen and oxygen atoms in total. The van der Waals surface area contributed by atoms with E-state index in [4.69, 9.17) is 0 Å². The lowest BCUT2D eigenvalue weighted by Gasteiger charge is -2.08. The maximum Gasteiger partial charge on any atom is 0.364 e. The van der Waals surface area contributed by atoms with Gasteiger partial charge in [0.1, 0.15) is 5.82 Å². The van der Waals surface area contributed by atoms with Crippen molar-refractivity contribution in [3.63, 3.8) is 0 Å². The van der Waals surface area contributed by atoms with Gasteiger partial charge in [-0.3, -0.25) is 0 Å². The summed E-state index contributed by atoms with van der Waals surface area (Å²) in [6, 6.07) is 8.89. The highest BCUT2D eigenvalue weighted by Gasteiger charge is 2.12. The number of hydrogen-bond donors (Lipinski definition) is 3. The molecule has 122 valence electrons. The van der Waals surface area contributed by atoms with Crippen molar-refractivity contribution in [3.8, 4) is 5.88 Å². The molecule has 0 unspecified atom stereocenters. The van der Waals surface area contributed by atoms with Crippen LogP contribution in [0.1, 0.15) is 11.1 Å². The van der Waals surface area contributed by atoms with Crippen molar-refractivity contribution < 1.29 is 14.3 Å². The number of urea groups is 1. The van der Waals surface area contributed by atoms with Crippen LogP contribution in [0.25, 0.3) is 10.9 Å². The van der Waals surface area contributed by atoms with Crippen LogP contribution in [0.3, 0.4) is 0 Å². The number of nitrogens with zero attached hydrogens (tertiary/aromatic N) is 2. The second kappa shape index (κ2) is 6.11. The van der Waals surface area contributed by atoms with E-state index in [1.54, 1.807) is 0 Å². The zero-order valence-electron chi connectivity index (χ0n) is 13.1. The highest BCUT2D eigenvalue weighted by molar-refractivity contribution is 5.95. The summed E-state index contributed by atoms with van der Waals surface area (Å²) in [6.45, 7) is 3.74. The fraction of sp³-hybridized carbons (Fsp3) is 0.118. The number of carbonyl (C=O) groups is 1. The van der Waals surface area contributed by atoms with Crippen molar-refractivity contribution in [2.24, 2.45) is 10.2 Å². The molecule has 7 heteroatoms. The molecule has 0 saturated heterocycles. The summed E-state index contributed by atoms with van der Waals surface area (Å²) in [7, 11) is 0. The number of para-hydroxylation sites is 1. The number of hydrogen-bond acceptors (Lipinski definition) is 3. The summed E-state index contributed by atoms with van der Waals surface area (Å²) in [6.07, 6.45) is 0. The molecule has 2 amide bonds. The summed E-state index contributed by atoms with van der Waals surface area (Å²) >= 11 is 0. The first-order valence-corrected chi connectivity index (χ1v) is 7.25. The number of anilines is 1. The minimum atomic E-state index is -0.683. The van der Waals surface area contributed by atoms with Gasteiger partial charge in [0.2, 0.25) is 5.88 Å². The third kappa shape index (κ3) is 2.96. The Labute approximate surface area is 137 Å². The van der Waals surface area contributed by atoms with E-state index >= 15 is 0 Å². The lowest BCUT2D eigenvalue weighted by atomic mass is 10.1.